The van der Waals surface area contributed by atoms with Gasteiger partial charge in [-0.1, -0.05) is 6.92 Å². The minimum atomic E-state index is -2.97. The van der Waals surface area contributed by atoms with Crippen LogP contribution in [0.1, 0.15) is 26.7 Å². The number of likely N-dealkylation sites (tertiary alicyclic amines) is 1. The van der Waals surface area contributed by atoms with Gasteiger partial charge in [-0.25, -0.2) is 8.42 Å². The van der Waals surface area contributed by atoms with Crippen molar-refractivity contribution in [3.05, 3.63) is 0 Å². The van der Waals surface area contributed by atoms with Crippen LogP contribution < -0.4 is 0 Å². The molecule has 0 bridgehead atoms. The summed E-state index contributed by atoms with van der Waals surface area (Å²) in [7, 11) is -2.97. The first-order chi connectivity index (χ1) is 7.87. The van der Waals surface area contributed by atoms with Crippen molar-refractivity contribution in [3.63, 3.8) is 0 Å². The van der Waals surface area contributed by atoms with Crippen molar-refractivity contribution in [1.82, 2.24) is 4.90 Å². The van der Waals surface area contributed by atoms with Gasteiger partial charge in [-0.3, -0.25) is 9.69 Å². The molecule has 1 N–H and O–H groups in total. The highest BCUT2D eigenvalue weighted by molar-refractivity contribution is 7.91. The van der Waals surface area contributed by atoms with E-state index in [2.05, 4.69) is 0 Å². The van der Waals surface area contributed by atoms with Crippen LogP contribution in [-0.2, 0) is 14.6 Å². The first-order valence-corrected chi connectivity index (χ1v) is 7.87. The van der Waals surface area contributed by atoms with Crippen molar-refractivity contribution in [2.45, 2.75) is 32.7 Å². The Bertz CT molecular complexity index is 366. The first kappa shape index (κ1) is 14.4. The van der Waals surface area contributed by atoms with Gasteiger partial charge in [0.15, 0.2) is 9.84 Å². The lowest BCUT2D eigenvalue weighted by Crippen LogP contribution is -2.36. The van der Waals surface area contributed by atoms with E-state index in [9.17, 15) is 13.2 Å². The molecule has 0 aromatic carbocycles. The minimum Gasteiger partial charge on any atom is -0.481 e. The number of aliphatic carboxylic acids is 1. The maximum Gasteiger partial charge on any atom is 0.308 e. The molecule has 1 aliphatic rings. The van der Waals surface area contributed by atoms with Crippen molar-refractivity contribution in [3.8, 4) is 0 Å². The molecule has 1 aliphatic heterocycles. The Hall–Kier alpha value is -0.620. The lowest BCUT2D eigenvalue weighted by Gasteiger charge is -2.22. The number of carbonyl (C=O) groups is 1. The van der Waals surface area contributed by atoms with Gasteiger partial charge in [-0.15, -0.1) is 0 Å². The zero-order valence-corrected chi connectivity index (χ0v) is 11.2. The maximum atomic E-state index is 11.6. The highest BCUT2D eigenvalue weighted by Crippen LogP contribution is 2.23. The van der Waals surface area contributed by atoms with Crippen LogP contribution in [0.15, 0.2) is 0 Å². The second-order valence-electron chi connectivity index (χ2n) is 4.66. The van der Waals surface area contributed by atoms with Gasteiger partial charge in [0.25, 0.3) is 0 Å². The van der Waals surface area contributed by atoms with Gasteiger partial charge in [0.05, 0.1) is 11.7 Å². The van der Waals surface area contributed by atoms with Gasteiger partial charge in [-0.2, -0.15) is 0 Å². The number of carboxylic acid groups (broad SMARTS) is 1. The van der Waals surface area contributed by atoms with E-state index in [4.69, 9.17) is 5.11 Å². The smallest absolute Gasteiger partial charge is 0.308 e. The molecule has 0 aromatic rings. The summed E-state index contributed by atoms with van der Waals surface area (Å²) in [6.07, 6.45) is 1.25. The number of hydrogen-bond acceptors (Lipinski definition) is 4. The second kappa shape index (κ2) is 5.82. The van der Waals surface area contributed by atoms with Crippen LogP contribution in [0.3, 0.4) is 0 Å². The summed E-state index contributed by atoms with van der Waals surface area (Å²) < 4.78 is 23.1. The molecule has 2 atom stereocenters. The van der Waals surface area contributed by atoms with Crippen LogP contribution in [-0.4, -0.2) is 55.0 Å². The molecule has 0 radical (unpaired) electrons. The van der Waals surface area contributed by atoms with E-state index >= 15 is 0 Å². The molecule has 100 valence electrons. The molecular weight excluding hydrogens is 242 g/mol. The van der Waals surface area contributed by atoms with Crippen LogP contribution in [0.25, 0.3) is 0 Å². The number of nitrogens with zero attached hydrogens (tertiary/aromatic N) is 1. The van der Waals surface area contributed by atoms with Gasteiger partial charge < -0.3 is 5.11 Å². The fourth-order valence-corrected chi connectivity index (χ4v) is 3.66. The third kappa shape index (κ3) is 3.96. The Labute approximate surface area is 103 Å². The number of rotatable bonds is 6. The van der Waals surface area contributed by atoms with Crippen LogP contribution in [0.5, 0.6) is 0 Å². The normalized spacial score (nSPS) is 26.2. The van der Waals surface area contributed by atoms with E-state index < -0.39 is 15.8 Å². The molecule has 5 nitrogen and oxygen atoms in total. The molecule has 0 saturated carbocycles. The van der Waals surface area contributed by atoms with Gasteiger partial charge in [-0.05, 0) is 26.3 Å². The summed E-state index contributed by atoms with van der Waals surface area (Å²) >= 11 is 0. The fourth-order valence-electron chi connectivity index (χ4n) is 2.32. The lowest BCUT2D eigenvalue weighted by atomic mass is 10.0. The number of hydrogen-bond donors (Lipinski definition) is 1. The summed E-state index contributed by atoms with van der Waals surface area (Å²) in [4.78, 5) is 12.9. The van der Waals surface area contributed by atoms with E-state index in [1.165, 1.54) is 0 Å². The molecule has 1 fully saturated rings. The van der Waals surface area contributed by atoms with Gasteiger partial charge in [0, 0.05) is 18.3 Å². The van der Waals surface area contributed by atoms with E-state index in [-0.39, 0.29) is 23.5 Å². The molecule has 0 spiro atoms. The summed E-state index contributed by atoms with van der Waals surface area (Å²) in [5.41, 5.74) is 0. The Morgan fingerprint density at radius 1 is 1.41 bits per heavy atom. The zero-order chi connectivity index (χ0) is 13.1. The predicted octanol–water partition coefficient (Wildman–Crippen LogP) is 0.606. The Kier molecular flexibility index (Phi) is 4.94. The summed E-state index contributed by atoms with van der Waals surface area (Å²) in [5, 5.41) is 8.97. The highest BCUT2D eigenvalue weighted by Gasteiger charge is 2.35. The molecule has 6 heteroatoms. The molecule has 1 saturated heterocycles. The second-order valence-corrected chi connectivity index (χ2v) is 6.97. The van der Waals surface area contributed by atoms with Gasteiger partial charge in [0.1, 0.15) is 0 Å². The predicted molar refractivity (Wildman–Crippen MR) is 65.7 cm³/mol. The summed E-state index contributed by atoms with van der Waals surface area (Å²) in [5.74, 6) is -0.782. The van der Waals surface area contributed by atoms with Crippen molar-refractivity contribution in [2.24, 2.45) is 5.92 Å². The van der Waals surface area contributed by atoms with Gasteiger partial charge in [0.2, 0.25) is 0 Å². The maximum absolute atomic E-state index is 11.6. The molecule has 0 aliphatic carbocycles. The van der Waals surface area contributed by atoms with E-state index in [1.807, 2.05) is 18.7 Å². The number of sulfone groups is 1. The fraction of sp³-hybridized carbons (Fsp3) is 0.909. The van der Waals surface area contributed by atoms with E-state index in [0.717, 1.165) is 0 Å². The summed E-state index contributed by atoms with van der Waals surface area (Å²) in [6, 6.07) is -0.0654. The Morgan fingerprint density at radius 3 is 2.53 bits per heavy atom. The third-order valence-electron chi connectivity index (χ3n) is 3.41. The molecule has 1 rings (SSSR count). The van der Waals surface area contributed by atoms with E-state index in [0.29, 0.717) is 25.9 Å². The molecule has 17 heavy (non-hydrogen) atoms. The lowest BCUT2D eigenvalue weighted by molar-refractivity contribution is -0.142. The number of carboxylic acids is 1. The zero-order valence-electron chi connectivity index (χ0n) is 10.4. The average Bonchev–Trinajstić information content (AvgIpc) is 2.57. The Balaban J connectivity index is 2.47. The minimum absolute atomic E-state index is 0.0654. The monoisotopic (exact) mass is 263 g/mol. The van der Waals surface area contributed by atoms with Crippen LogP contribution in [0.2, 0.25) is 0 Å². The molecular formula is C11H21NO4S. The standard InChI is InChI=1S/C11H21NO4S/c1-3-7-17(15,16)8-6-12-5-4-10(9(12)2)11(13)14/h9-10H,3-8H2,1-2H3,(H,13,14). The van der Waals surface area contributed by atoms with Crippen molar-refractivity contribution < 1.29 is 18.3 Å². The summed E-state index contributed by atoms with van der Waals surface area (Å²) in [6.45, 7) is 4.84. The first-order valence-electron chi connectivity index (χ1n) is 6.04. The SMILES string of the molecule is CCCS(=O)(=O)CCN1CCC(C(=O)O)C1C. The Morgan fingerprint density at radius 2 is 2.06 bits per heavy atom. The average molecular weight is 263 g/mol. The quantitative estimate of drug-likeness (QED) is 0.760. The topological polar surface area (TPSA) is 74.7 Å². The molecule has 0 aromatic heterocycles. The van der Waals surface area contributed by atoms with E-state index in [1.54, 1.807) is 0 Å². The largest absolute Gasteiger partial charge is 0.481 e. The molecule has 1 heterocycles. The molecule has 2 unspecified atom stereocenters. The van der Waals surface area contributed by atoms with Crippen LogP contribution >= 0.6 is 0 Å². The van der Waals surface area contributed by atoms with Crippen molar-refractivity contribution >= 4 is 15.8 Å². The van der Waals surface area contributed by atoms with Crippen LogP contribution in [0.4, 0.5) is 0 Å². The van der Waals surface area contributed by atoms with Crippen molar-refractivity contribution in [1.29, 1.82) is 0 Å². The highest BCUT2D eigenvalue weighted by atomic mass is 32.2. The third-order valence-corrected chi connectivity index (χ3v) is 5.24. The van der Waals surface area contributed by atoms with Gasteiger partial charge >= 0.3 is 5.97 Å². The van der Waals surface area contributed by atoms with Crippen molar-refractivity contribution in [2.75, 3.05) is 24.6 Å². The van der Waals surface area contributed by atoms with Crippen LogP contribution in [0, 0.1) is 5.92 Å². The molecule has 0 amide bonds.